The third-order valence-corrected chi connectivity index (χ3v) is 10.7. The predicted molar refractivity (Wildman–Crippen MR) is 149 cm³/mol. The number of amides is 2. The van der Waals surface area contributed by atoms with Crippen molar-refractivity contribution < 1.29 is 29.0 Å². The number of allylic oxidation sites excluding steroid dienone is 1. The van der Waals surface area contributed by atoms with E-state index in [1.54, 1.807) is 16.7 Å². The second-order valence-corrected chi connectivity index (χ2v) is 13.3. The molecule has 5 aliphatic heterocycles. The highest BCUT2D eigenvalue weighted by Gasteiger charge is 2.73. The number of ether oxygens (including phenoxy) is 2. The third kappa shape index (κ3) is 5.54. The average Bonchev–Trinajstić information content (AvgIpc) is 3.28. The van der Waals surface area contributed by atoms with Crippen molar-refractivity contribution in [2.75, 3.05) is 65.7 Å². The summed E-state index contributed by atoms with van der Waals surface area (Å²) in [5.41, 5.74) is 0. The lowest BCUT2D eigenvalue weighted by Crippen LogP contribution is -2.54. The van der Waals surface area contributed by atoms with Crippen LogP contribution in [0.3, 0.4) is 0 Å². The van der Waals surface area contributed by atoms with Crippen LogP contribution in [0.15, 0.2) is 24.3 Å². The minimum absolute atomic E-state index is 0.0283. The van der Waals surface area contributed by atoms with Crippen LogP contribution in [0.4, 0.5) is 0 Å². The molecule has 1 spiro atoms. The molecule has 0 saturated carbocycles. The first-order valence-electron chi connectivity index (χ1n) is 14.6. The van der Waals surface area contributed by atoms with E-state index in [2.05, 4.69) is 23.1 Å². The molecule has 1 N–H and O–H groups in total. The van der Waals surface area contributed by atoms with Crippen molar-refractivity contribution in [3.05, 3.63) is 24.3 Å². The molecule has 2 amide bonds. The summed E-state index contributed by atoms with van der Waals surface area (Å²) in [7, 11) is 0. The smallest absolute Gasteiger partial charge is 0.311 e. The number of morpholine rings is 1. The Labute approximate surface area is 235 Å². The first-order valence-corrected chi connectivity index (χ1v) is 15.5. The molecule has 9 nitrogen and oxygen atoms in total. The zero-order chi connectivity index (χ0) is 27.5. The van der Waals surface area contributed by atoms with Gasteiger partial charge in [-0.1, -0.05) is 37.1 Å². The molecule has 0 radical (unpaired) electrons. The van der Waals surface area contributed by atoms with Crippen molar-refractivity contribution in [3.63, 3.8) is 0 Å². The lowest BCUT2D eigenvalue weighted by molar-refractivity contribution is -0.154. The van der Waals surface area contributed by atoms with E-state index in [4.69, 9.17) is 14.6 Å². The molecule has 5 heterocycles. The number of rotatable bonds is 9. The Kier molecular flexibility index (Phi) is 9.05. The molecule has 216 valence electrons. The van der Waals surface area contributed by atoms with E-state index in [1.165, 1.54) is 0 Å². The number of aliphatic hydroxyl groups excluding tert-OH is 1. The molecule has 0 aromatic carbocycles. The fraction of sp³-hybridized carbons (Fsp3) is 0.759. The molecule has 39 heavy (non-hydrogen) atoms. The van der Waals surface area contributed by atoms with Gasteiger partial charge in [0.1, 0.15) is 6.04 Å². The minimum Gasteiger partial charge on any atom is -0.465 e. The first-order chi connectivity index (χ1) is 18.9. The summed E-state index contributed by atoms with van der Waals surface area (Å²) < 4.78 is 9.71. The number of carbonyl (C=O) groups is 3. The second-order valence-electron chi connectivity index (χ2n) is 11.5. The maximum atomic E-state index is 14.4. The average molecular weight is 562 g/mol. The number of hydrogen-bond acceptors (Lipinski definition) is 8. The normalized spacial score (nSPS) is 35.9. The monoisotopic (exact) mass is 561 g/mol. The van der Waals surface area contributed by atoms with E-state index < -0.39 is 27.4 Å². The zero-order valence-electron chi connectivity index (χ0n) is 23.1. The zero-order valence-corrected chi connectivity index (χ0v) is 23.9. The van der Waals surface area contributed by atoms with Gasteiger partial charge >= 0.3 is 5.97 Å². The van der Waals surface area contributed by atoms with E-state index in [9.17, 15) is 14.4 Å². The number of hydrogen-bond donors (Lipinski definition) is 1. The summed E-state index contributed by atoms with van der Waals surface area (Å²) >= 11 is 1.61. The Balaban J connectivity index is 1.46. The van der Waals surface area contributed by atoms with E-state index in [1.807, 2.05) is 17.9 Å². The van der Waals surface area contributed by atoms with Crippen LogP contribution in [0, 0.1) is 11.8 Å². The van der Waals surface area contributed by atoms with Gasteiger partial charge in [0.05, 0.1) is 36.4 Å². The topological polar surface area (TPSA) is 99.6 Å². The van der Waals surface area contributed by atoms with Gasteiger partial charge in [0.15, 0.2) is 0 Å². The molecule has 1 unspecified atom stereocenters. The largest absolute Gasteiger partial charge is 0.465 e. The van der Waals surface area contributed by atoms with Gasteiger partial charge < -0.3 is 24.4 Å². The van der Waals surface area contributed by atoms with Crippen LogP contribution in [0.25, 0.3) is 0 Å². The van der Waals surface area contributed by atoms with Crippen LogP contribution >= 0.6 is 11.8 Å². The third-order valence-electron chi connectivity index (χ3n) is 8.93. The summed E-state index contributed by atoms with van der Waals surface area (Å²) in [5, 5.41) is 9.16. The Bertz CT molecular complexity index is 984. The Morgan fingerprint density at radius 3 is 2.54 bits per heavy atom. The van der Waals surface area contributed by atoms with Crippen molar-refractivity contribution >= 4 is 29.5 Å². The van der Waals surface area contributed by atoms with Crippen LogP contribution in [0.2, 0.25) is 0 Å². The number of aliphatic hydroxyl groups is 1. The van der Waals surface area contributed by atoms with E-state index in [-0.39, 0.29) is 24.4 Å². The van der Waals surface area contributed by atoms with Gasteiger partial charge in [0, 0.05) is 50.6 Å². The van der Waals surface area contributed by atoms with Crippen molar-refractivity contribution in [2.45, 2.75) is 61.0 Å². The van der Waals surface area contributed by atoms with Crippen molar-refractivity contribution in [1.29, 1.82) is 0 Å². The van der Waals surface area contributed by atoms with E-state index >= 15 is 0 Å². The summed E-state index contributed by atoms with van der Waals surface area (Å²) in [6.07, 6.45) is 13.1. The van der Waals surface area contributed by atoms with Gasteiger partial charge in [-0.3, -0.25) is 19.3 Å². The fourth-order valence-electron chi connectivity index (χ4n) is 6.96. The summed E-state index contributed by atoms with van der Waals surface area (Å²) in [6, 6.07) is -0.658. The highest BCUT2D eigenvalue weighted by Crippen LogP contribution is 2.65. The molecule has 0 aromatic rings. The predicted octanol–water partition coefficient (Wildman–Crippen LogP) is 1.85. The van der Waals surface area contributed by atoms with Crippen molar-refractivity contribution in [1.82, 2.24) is 14.7 Å². The van der Waals surface area contributed by atoms with Crippen LogP contribution in [0.5, 0.6) is 0 Å². The number of thioether (sulfide) groups is 1. The van der Waals surface area contributed by atoms with Crippen LogP contribution in [-0.4, -0.2) is 119 Å². The van der Waals surface area contributed by atoms with Gasteiger partial charge in [-0.25, -0.2) is 0 Å². The lowest BCUT2D eigenvalue weighted by Gasteiger charge is -2.37. The van der Waals surface area contributed by atoms with Crippen LogP contribution in [-0.2, 0) is 23.9 Å². The highest BCUT2D eigenvalue weighted by molar-refractivity contribution is 8.02. The fourth-order valence-corrected chi connectivity index (χ4v) is 9.11. The number of unbranched alkanes of at least 4 members (excludes halogenated alkanes) is 3. The lowest BCUT2D eigenvalue weighted by atomic mass is 9.74. The minimum atomic E-state index is -0.824. The van der Waals surface area contributed by atoms with Gasteiger partial charge in [-0.2, -0.15) is 0 Å². The quantitative estimate of drug-likeness (QED) is 0.259. The van der Waals surface area contributed by atoms with Gasteiger partial charge in [-0.15, -0.1) is 11.8 Å². The van der Waals surface area contributed by atoms with Crippen LogP contribution < -0.4 is 0 Å². The number of nitrogens with zero attached hydrogens (tertiary/aromatic N) is 3. The molecule has 0 aliphatic carbocycles. The van der Waals surface area contributed by atoms with E-state index in [0.29, 0.717) is 39.5 Å². The number of fused-ring (bicyclic) bond motifs is 2. The molecule has 5 rings (SSSR count). The molecule has 10 heteroatoms. The molecule has 3 saturated heterocycles. The van der Waals surface area contributed by atoms with Gasteiger partial charge in [0.2, 0.25) is 11.8 Å². The Hall–Kier alpha value is -1.88. The standard InChI is InChI=1S/C29H43N3O6S/c1-28-10-5-4-8-19-38-27(36)23(28)22-25(34)32(13-6-2-3-7-18-33)24-26(35)31(12-9-11-29(22,24)39-28)15-14-30-16-20-37-21-17-30/h5,9-11,22-24,33H,2-4,6-8,12-21H2,1H3/b10-5-/t22-,23+,24?,28-,29-/m0/s1. The molecule has 5 aliphatic rings. The second kappa shape index (κ2) is 12.3. The molecular formula is C29H43N3O6S. The van der Waals surface area contributed by atoms with Gasteiger partial charge in [-0.05, 0) is 32.6 Å². The Morgan fingerprint density at radius 2 is 1.74 bits per heavy atom. The molecule has 0 aromatic heterocycles. The van der Waals surface area contributed by atoms with E-state index in [0.717, 1.165) is 58.2 Å². The summed E-state index contributed by atoms with van der Waals surface area (Å²) in [4.78, 5) is 48.2. The number of likely N-dealkylation sites (tertiary alicyclic amines) is 1. The maximum Gasteiger partial charge on any atom is 0.311 e. The van der Waals surface area contributed by atoms with Gasteiger partial charge in [0.25, 0.3) is 0 Å². The summed E-state index contributed by atoms with van der Waals surface area (Å²) in [5.74, 6) is -1.77. The molecule has 0 bridgehead atoms. The SMILES string of the molecule is C[C@]12/C=C\CCCOC(=O)[C@H]1[C@H]1C(=O)N(CCCCCCO)C3C(=O)N(CCN4CCOCC4)CC=C[C@@]31S2. The summed E-state index contributed by atoms with van der Waals surface area (Å²) in [6.45, 7) is 7.98. The van der Waals surface area contributed by atoms with Crippen LogP contribution in [0.1, 0.15) is 45.4 Å². The number of carbonyl (C=O) groups excluding carboxylic acids is 3. The van der Waals surface area contributed by atoms with Crippen molar-refractivity contribution in [2.24, 2.45) is 11.8 Å². The maximum absolute atomic E-state index is 14.4. The number of esters is 1. The Morgan fingerprint density at radius 1 is 0.949 bits per heavy atom. The number of cyclic esters (lactones) is 1. The highest BCUT2D eigenvalue weighted by atomic mass is 32.2. The molecule has 3 fully saturated rings. The molecule has 5 atom stereocenters. The van der Waals surface area contributed by atoms with Crippen molar-refractivity contribution in [3.8, 4) is 0 Å². The first kappa shape index (κ1) is 28.6. The molecular weight excluding hydrogens is 518 g/mol.